The molecule has 0 bridgehead atoms. The molecule has 1 aliphatic heterocycles. The van der Waals surface area contributed by atoms with Crippen molar-refractivity contribution >= 4 is 23.8 Å². The fourth-order valence-electron chi connectivity index (χ4n) is 3.73. The maximum atomic E-state index is 12.8. The Kier molecular flexibility index (Phi) is 7.81. The fourth-order valence-corrected chi connectivity index (χ4v) is 3.73. The van der Waals surface area contributed by atoms with E-state index in [4.69, 9.17) is 14.2 Å². The van der Waals surface area contributed by atoms with E-state index in [9.17, 15) is 19.2 Å². The number of dihydropyridines is 1. The minimum atomic E-state index is -1.35. The molecule has 1 fully saturated rings. The van der Waals surface area contributed by atoms with Crippen molar-refractivity contribution in [3.63, 3.8) is 0 Å². The van der Waals surface area contributed by atoms with Crippen LogP contribution in [0.5, 0.6) is 0 Å². The van der Waals surface area contributed by atoms with Gasteiger partial charge in [0.25, 0.3) is 5.91 Å². The largest absolute Gasteiger partial charge is 0.466 e. The summed E-state index contributed by atoms with van der Waals surface area (Å²) in [6.45, 7) is 2.67. The lowest BCUT2D eigenvalue weighted by Crippen LogP contribution is -2.41. The van der Waals surface area contributed by atoms with Gasteiger partial charge in [-0.3, -0.25) is 9.59 Å². The molecule has 2 aliphatic rings. The first-order valence-electron chi connectivity index (χ1n) is 9.61. The van der Waals surface area contributed by atoms with E-state index in [1.165, 1.54) is 14.2 Å². The van der Waals surface area contributed by atoms with E-state index in [0.717, 1.165) is 32.1 Å². The van der Waals surface area contributed by atoms with Crippen molar-refractivity contribution in [2.24, 2.45) is 5.92 Å². The Labute approximate surface area is 169 Å². The first kappa shape index (κ1) is 22.4. The van der Waals surface area contributed by atoms with Crippen LogP contribution in [0.25, 0.3) is 0 Å². The number of nitrogens with one attached hydrogen (secondary N) is 2. The number of hydrogen-bond acceptors (Lipinski definition) is 8. The maximum absolute atomic E-state index is 12.8. The predicted molar refractivity (Wildman–Crippen MR) is 102 cm³/mol. The second-order valence-corrected chi connectivity index (χ2v) is 7.13. The number of esters is 3. The quantitative estimate of drug-likeness (QED) is 0.495. The topological polar surface area (TPSA) is 120 Å². The third-order valence-corrected chi connectivity index (χ3v) is 5.12. The number of allylic oxidation sites excluding steroid dienone is 2. The van der Waals surface area contributed by atoms with Gasteiger partial charge in [0.05, 0.1) is 25.4 Å². The Hall–Kier alpha value is -2.84. The highest BCUT2D eigenvalue weighted by Gasteiger charge is 2.42. The fraction of sp³-hybridized carbons (Fsp3) is 0.600. The summed E-state index contributed by atoms with van der Waals surface area (Å²) in [5, 5.41) is 5.73. The first-order valence-corrected chi connectivity index (χ1v) is 9.61. The lowest BCUT2D eigenvalue weighted by atomic mass is 9.85. The van der Waals surface area contributed by atoms with Crippen molar-refractivity contribution in [2.45, 2.75) is 52.0 Å². The minimum absolute atomic E-state index is 0.0591. The molecule has 2 rings (SSSR count). The summed E-state index contributed by atoms with van der Waals surface area (Å²) in [6.07, 6.45) is 5.06. The molecule has 0 aromatic heterocycles. The summed E-state index contributed by atoms with van der Waals surface area (Å²) in [5.41, 5.74) is 0.596. The van der Waals surface area contributed by atoms with Crippen LogP contribution < -0.4 is 10.6 Å². The van der Waals surface area contributed by atoms with Crippen LogP contribution in [0.2, 0.25) is 0 Å². The molecular weight excluding hydrogens is 380 g/mol. The number of carbonyl (C=O) groups excluding carboxylic acids is 4. The van der Waals surface area contributed by atoms with Gasteiger partial charge in [0.1, 0.15) is 5.92 Å². The summed E-state index contributed by atoms with van der Waals surface area (Å²) in [5.74, 6) is -4.22. The van der Waals surface area contributed by atoms with E-state index in [0.29, 0.717) is 11.4 Å². The van der Waals surface area contributed by atoms with Crippen LogP contribution in [0.3, 0.4) is 0 Å². The van der Waals surface area contributed by atoms with Crippen LogP contribution in [0, 0.1) is 5.92 Å². The lowest BCUT2D eigenvalue weighted by Gasteiger charge is -2.28. The van der Waals surface area contributed by atoms with Crippen molar-refractivity contribution in [3.8, 4) is 0 Å². The second kappa shape index (κ2) is 10.1. The Morgan fingerprint density at radius 1 is 0.931 bits per heavy atom. The van der Waals surface area contributed by atoms with Crippen molar-refractivity contribution in [2.75, 3.05) is 20.8 Å². The number of carbonyl (C=O) groups is 4. The predicted octanol–water partition coefficient (Wildman–Crippen LogP) is 1.09. The van der Waals surface area contributed by atoms with E-state index in [1.54, 1.807) is 13.8 Å². The third-order valence-electron chi connectivity index (χ3n) is 5.12. The smallest absolute Gasteiger partial charge is 0.336 e. The maximum Gasteiger partial charge on any atom is 0.336 e. The van der Waals surface area contributed by atoms with E-state index in [2.05, 4.69) is 10.6 Å². The zero-order chi connectivity index (χ0) is 21.6. The Morgan fingerprint density at radius 3 is 1.93 bits per heavy atom. The van der Waals surface area contributed by atoms with Gasteiger partial charge >= 0.3 is 17.9 Å². The van der Waals surface area contributed by atoms with Crippen LogP contribution in [0.1, 0.15) is 46.0 Å². The normalized spacial score (nSPS) is 18.1. The number of hydrogen-bond donors (Lipinski definition) is 2. The number of amides is 1. The van der Waals surface area contributed by atoms with E-state index < -0.39 is 36.3 Å². The summed E-state index contributed by atoms with van der Waals surface area (Å²) < 4.78 is 14.7. The molecule has 2 N–H and O–H groups in total. The zero-order valence-corrected chi connectivity index (χ0v) is 17.3. The molecule has 9 nitrogen and oxygen atoms in total. The molecule has 0 saturated heterocycles. The molecule has 0 spiro atoms. The monoisotopic (exact) mass is 408 g/mol. The molecule has 29 heavy (non-hydrogen) atoms. The van der Waals surface area contributed by atoms with Gasteiger partial charge in [-0.15, -0.1) is 0 Å². The molecule has 0 unspecified atom stereocenters. The molecule has 1 saturated carbocycles. The molecule has 9 heteroatoms. The van der Waals surface area contributed by atoms with Crippen LogP contribution in [-0.2, 0) is 33.4 Å². The van der Waals surface area contributed by atoms with Crippen molar-refractivity contribution in [1.82, 2.24) is 10.6 Å². The van der Waals surface area contributed by atoms with Crippen LogP contribution in [0.4, 0.5) is 0 Å². The van der Waals surface area contributed by atoms with Crippen molar-refractivity contribution < 1.29 is 33.4 Å². The molecule has 1 aliphatic carbocycles. The summed E-state index contributed by atoms with van der Waals surface area (Å²) in [7, 11) is 2.34. The molecule has 0 atom stereocenters. The van der Waals surface area contributed by atoms with Crippen molar-refractivity contribution in [1.29, 1.82) is 0 Å². The zero-order valence-electron chi connectivity index (χ0n) is 17.3. The molecule has 0 radical (unpaired) electrons. The molecular formula is C20H28N2O7. The number of ether oxygens (including phenoxy) is 3. The summed E-state index contributed by atoms with van der Waals surface area (Å²) in [4.78, 5) is 49.5. The standard InChI is InChI=1S/C20H28N2O7/c1-11-15(18(24)27-3)17(16(12(2)21-11)19(25)28-4)20(26)29-10-14(23)22-13-8-6-5-7-9-13/h13,17,21H,5-10H2,1-4H3,(H,22,23). The van der Waals surface area contributed by atoms with E-state index in [1.807, 2.05) is 0 Å². The molecule has 1 heterocycles. The minimum Gasteiger partial charge on any atom is -0.466 e. The third kappa shape index (κ3) is 5.36. The first-order chi connectivity index (χ1) is 13.8. The van der Waals surface area contributed by atoms with Crippen LogP contribution in [0.15, 0.2) is 22.5 Å². The molecule has 0 aromatic rings. The van der Waals surface area contributed by atoms with Gasteiger partial charge in [0.15, 0.2) is 6.61 Å². The summed E-state index contributed by atoms with van der Waals surface area (Å²) >= 11 is 0. The van der Waals surface area contributed by atoms with Gasteiger partial charge in [0.2, 0.25) is 0 Å². The van der Waals surface area contributed by atoms with Gasteiger partial charge in [0, 0.05) is 17.4 Å². The van der Waals surface area contributed by atoms with Gasteiger partial charge in [-0.25, -0.2) is 9.59 Å². The highest BCUT2D eigenvalue weighted by Crippen LogP contribution is 2.32. The Morgan fingerprint density at radius 2 is 1.45 bits per heavy atom. The molecule has 160 valence electrons. The SMILES string of the molecule is COC(=O)C1=C(C)NC(C)=C(C(=O)OC)C1C(=O)OCC(=O)NC1CCCCC1. The van der Waals surface area contributed by atoms with Gasteiger partial charge in [-0.1, -0.05) is 19.3 Å². The van der Waals surface area contributed by atoms with E-state index in [-0.39, 0.29) is 17.2 Å². The van der Waals surface area contributed by atoms with Crippen LogP contribution >= 0.6 is 0 Å². The van der Waals surface area contributed by atoms with Crippen molar-refractivity contribution in [3.05, 3.63) is 22.5 Å². The lowest BCUT2D eigenvalue weighted by molar-refractivity contribution is -0.153. The number of rotatable bonds is 6. The molecule has 0 aromatic carbocycles. The van der Waals surface area contributed by atoms with Crippen LogP contribution in [-0.4, -0.2) is 50.7 Å². The average Bonchev–Trinajstić information content (AvgIpc) is 2.71. The Bertz CT molecular complexity index is 710. The summed E-state index contributed by atoms with van der Waals surface area (Å²) in [6, 6.07) is 0.0781. The van der Waals surface area contributed by atoms with Gasteiger partial charge < -0.3 is 24.8 Å². The van der Waals surface area contributed by atoms with Gasteiger partial charge in [-0.2, -0.15) is 0 Å². The highest BCUT2D eigenvalue weighted by molar-refractivity contribution is 6.05. The second-order valence-electron chi connectivity index (χ2n) is 7.13. The number of methoxy groups -OCH3 is 2. The van der Waals surface area contributed by atoms with E-state index >= 15 is 0 Å². The Balaban J connectivity index is 2.17. The molecule has 1 amide bonds. The highest BCUT2D eigenvalue weighted by atomic mass is 16.5. The average molecular weight is 408 g/mol. The van der Waals surface area contributed by atoms with Gasteiger partial charge in [-0.05, 0) is 26.7 Å².